The fourth-order valence-corrected chi connectivity index (χ4v) is 5.03. The third-order valence-electron chi connectivity index (χ3n) is 6.55. The van der Waals surface area contributed by atoms with Crippen molar-refractivity contribution in [1.82, 2.24) is 4.57 Å². The lowest BCUT2D eigenvalue weighted by Gasteiger charge is -2.21. The number of pyridine rings is 1. The fraction of sp³-hybridized carbons (Fsp3) is 0.241. The Hall–Kier alpha value is -4.03. The van der Waals surface area contributed by atoms with E-state index in [-0.39, 0.29) is 46.6 Å². The number of halogens is 4. The van der Waals surface area contributed by atoms with Crippen molar-refractivity contribution >= 4 is 38.5 Å². The van der Waals surface area contributed by atoms with Crippen molar-refractivity contribution in [1.29, 1.82) is 0 Å². The molecule has 216 valence electrons. The second kappa shape index (κ2) is 12.2. The number of carbonyl (C=O) groups excluding carboxylic acids is 1. The smallest absolute Gasteiger partial charge is 0.343 e. The Morgan fingerprint density at radius 2 is 1.80 bits per heavy atom. The van der Waals surface area contributed by atoms with Crippen molar-refractivity contribution in [2.24, 2.45) is 0 Å². The molecule has 0 amide bonds. The minimum Gasteiger partial charge on any atom is -0.497 e. The van der Waals surface area contributed by atoms with E-state index >= 15 is 4.39 Å². The van der Waals surface area contributed by atoms with Gasteiger partial charge in [0.25, 0.3) is 0 Å². The Bertz CT molecular complexity index is 1720. The van der Waals surface area contributed by atoms with Gasteiger partial charge < -0.3 is 29.2 Å². The van der Waals surface area contributed by atoms with Crippen molar-refractivity contribution in [2.45, 2.75) is 27.0 Å². The molecule has 0 bridgehead atoms. The summed E-state index contributed by atoms with van der Waals surface area (Å²) in [4.78, 5) is 26.1. The second-order valence-electron chi connectivity index (χ2n) is 8.90. The number of hydrogen-bond acceptors (Lipinski definition) is 7. The zero-order valence-corrected chi connectivity index (χ0v) is 24.1. The Labute approximate surface area is 241 Å². The minimum atomic E-state index is -1.31. The molecule has 0 radical (unpaired) electrons. The van der Waals surface area contributed by atoms with Gasteiger partial charge in [-0.15, -0.1) is 0 Å². The molecule has 0 saturated heterocycles. The zero-order valence-electron chi connectivity index (χ0n) is 22.5. The minimum absolute atomic E-state index is 0.0149. The maximum atomic E-state index is 15.2. The van der Waals surface area contributed by atoms with Crippen LogP contribution in [0.1, 0.15) is 34.0 Å². The van der Waals surface area contributed by atoms with Crippen molar-refractivity contribution < 1.29 is 37.3 Å². The van der Waals surface area contributed by atoms with Crippen LogP contribution in [0.3, 0.4) is 0 Å². The highest BCUT2D eigenvalue weighted by Gasteiger charge is 2.26. The van der Waals surface area contributed by atoms with E-state index in [2.05, 4.69) is 21.2 Å². The molecule has 8 nitrogen and oxygen atoms in total. The normalized spacial score (nSPS) is 11.0. The first-order chi connectivity index (χ1) is 19.6. The SMILES string of the molecule is CCOC(=O)c1cn(-c2cc(NCc3ccc(OC)cc3OC)c(F)cc2CO)c2c(C)c(F)c(F)c(Br)c2c1=O. The van der Waals surface area contributed by atoms with Gasteiger partial charge in [-0.25, -0.2) is 18.0 Å². The number of hydrogen-bond donors (Lipinski definition) is 2. The number of carbonyl (C=O) groups is 1. The molecule has 4 aromatic rings. The lowest BCUT2D eigenvalue weighted by atomic mass is 10.0. The van der Waals surface area contributed by atoms with Crippen LogP contribution in [0.5, 0.6) is 11.5 Å². The number of ether oxygens (including phenoxy) is 3. The molecule has 1 heterocycles. The van der Waals surface area contributed by atoms with Crippen LogP contribution in [0.15, 0.2) is 45.8 Å². The first-order valence-electron chi connectivity index (χ1n) is 12.4. The van der Waals surface area contributed by atoms with Crippen LogP contribution in [-0.2, 0) is 17.9 Å². The number of nitrogens with zero attached hydrogens (tertiary/aromatic N) is 1. The van der Waals surface area contributed by atoms with Gasteiger partial charge in [0.05, 0.1) is 54.2 Å². The number of aliphatic hydroxyl groups is 1. The molecule has 0 atom stereocenters. The highest BCUT2D eigenvalue weighted by Crippen LogP contribution is 2.34. The molecule has 4 rings (SSSR count). The monoisotopic (exact) mass is 634 g/mol. The van der Waals surface area contributed by atoms with Crippen LogP contribution in [0, 0.1) is 24.4 Å². The van der Waals surface area contributed by atoms with E-state index in [0.717, 1.165) is 12.3 Å². The molecule has 0 aliphatic heterocycles. The van der Waals surface area contributed by atoms with E-state index in [1.807, 2.05) is 0 Å². The van der Waals surface area contributed by atoms with E-state index in [9.17, 15) is 23.5 Å². The average Bonchev–Trinajstić information content (AvgIpc) is 2.97. The molecule has 0 fully saturated rings. The number of aliphatic hydroxyl groups excluding tert-OH is 1. The number of aromatic nitrogens is 1. The molecule has 12 heteroatoms. The number of esters is 1. The zero-order chi connectivity index (χ0) is 30.0. The van der Waals surface area contributed by atoms with Crippen molar-refractivity contribution in [3.63, 3.8) is 0 Å². The van der Waals surface area contributed by atoms with Crippen LogP contribution < -0.4 is 20.2 Å². The number of fused-ring (bicyclic) bond motifs is 1. The second-order valence-corrected chi connectivity index (χ2v) is 9.70. The summed E-state index contributed by atoms with van der Waals surface area (Å²) in [5.41, 5.74) is -0.853. The van der Waals surface area contributed by atoms with Crippen LogP contribution in [0.25, 0.3) is 16.6 Å². The van der Waals surface area contributed by atoms with Gasteiger partial charge in [-0.3, -0.25) is 4.79 Å². The lowest BCUT2D eigenvalue weighted by Crippen LogP contribution is -2.22. The van der Waals surface area contributed by atoms with Crippen molar-refractivity contribution in [3.05, 3.63) is 90.9 Å². The molecule has 3 aromatic carbocycles. The predicted molar refractivity (Wildman–Crippen MR) is 151 cm³/mol. The van der Waals surface area contributed by atoms with E-state index in [1.165, 1.54) is 31.8 Å². The van der Waals surface area contributed by atoms with Crippen LogP contribution in [-0.4, -0.2) is 36.5 Å². The standard InChI is InChI=1S/C29H26BrF3N2O6/c1-5-41-29(38)18-12-35(27-14(2)25(32)26(33)24(30)23(27)28(18)37)21-10-20(19(31)8-16(21)13-36)34-11-15-6-7-17(39-3)9-22(15)40-4/h6-10,12,34,36H,5,11,13H2,1-4H3. The quantitative estimate of drug-likeness (QED) is 0.178. The number of methoxy groups -OCH3 is 2. The average molecular weight is 635 g/mol. The number of rotatable bonds is 9. The van der Waals surface area contributed by atoms with Crippen LogP contribution in [0.2, 0.25) is 0 Å². The predicted octanol–water partition coefficient (Wildman–Crippen LogP) is 5.78. The number of anilines is 1. The summed E-state index contributed by atoms with van der Waals surface area (Å²) in [6, 6.07) is 7.54. The molecule has 2 N–H and O–H groups in total. The Morgan fingerprint density at radius 1 is 1.07 bits per heavy atom. The van der Waals surface area contributed by atoms with E-state index in [4.69, 9.17) is 14.2 Å². The van der Waals surface area contributed by atoms with Crippen LogP contribution in [0.4, 0.5) is 18.9 Å². The molecule has 0 saturated carbocycles. The number of nitrogens with one attached hydrogen (secondary N) is 1. The maximum Gasteiger partial charge on any atom is 0.343 e. The van der Waals surface area contributed by atoms with Crippen molar-refractivity contribution in [3.8, 4) is 17.2 Å². The molecule has 0 aliphatic carbocycles. The lowest BCUT2D eigenvalue weighted by molar-refractivity contribution is 0.0524. The summed E-state index contributed by atoms with van der Waals surface area (Å²) in [5, 5.41) is 12.8. The van der Waals surface area contributed by atoms with Gasteiger partial charge in [-0.1, -0.05) is 0 Å². The topological polar surface area (TPSA) is 99.0 Å². The highest BCUT2D eigenvalue weighted by molar-refractivity contribution is 9.10. The van der Waals surface area contributed by atoms with Gasteiger partial charge in [-0.05, 0) is 54.0 Å². The van der Waals surface area contributed by atoms with E-state index < -0.39 is 45.5 Å². The third-order valence-corrected chi connectivity index (χ3v) is 7.30. The Morgan fingerprint density at radius 3 is 2.44 bits per heavy atom. The first-order valence-corrected chi connectivity index (χ1v) is 13.1. The summed E-state index contributed by atoms with van der Waals surface area (Å²) in [5.74, 6) is -3.17. The Kier molecular flexibility index (Phi) is 8.93. The van der Waals surface area contributed by atoms with Gasteiger partial charge in [-0.2, -0.15) is 0 Å². The van der Waals surface area contributed by atoms with Gasteiger partial charge >= 0.3 is 5.97 Å². The molecule has 0 aliphatic rings. The summed E-state index contributed by atoms with van der Waals surface area (Å²) >= 11 is 2.96. The van der Waals surface area contributed by atoms with E-state index in [1.54, 1.807) is 25.1 Å². The molecule has 0 unspecified atom stereocenters. The summed E-state index contributed by atoms with van der Waals surface area (Å²) in [6.45, 7) is 2.24. The molecule has 41 heavy (non-hydrogen) atoms. The summed E-state index contributed by atoms with van der Waals surface area (Å²) < 4.78 is 61.3. The van der Waals surface area contributed by atoms with E-state index in [0.29, 0.717) is 17.1 Å². The van der Waals surface area contributed by atoms with Gasteiger partial charge in [0.1, 0.15) is 22.9 Å². The number of benzene rings is 3. The maximum absolute atomic E-state index is 15.2. The largest absolute Gasteiger partial charge is 0.497 e. The molecule has 1 aromatic heterocycles. The fourth-order valence-electron chi connectivity index (χ4n) is 4.48. The van der Waals surface area contributed by atoms with Crippen LogP contribution >= 0.6 is 15.9 Å². The molecular formula is C29H26BrF3N2O6. The van der Waals surface area contributed by atoms with Gasteiger partial charge in [0.15, 0.2) is 11.6 Å². The third kappa shape index (κ3) is 5.49. The Balaban J connectivity index is 1.96. The highest BCUT2D eigenvalue weighted by atomic mass is 79.9. The van der Waals surface area contributed by atoms with Crippen molar-refractivity contribution in [2.75, 3.05) is 26.1 Å². The van der Waals surface area contributed by atoms with Gasteiger partial charge in [0.2, 0.25) is 5.43 Å². The molecular weight excluding hydrogens is 609 g/mol. The summed E-state index contributed by atoms with van der Waals surface area (Å²) in [6.07, 6.45) is 1.11. The van der Waals surface area contributed by atoms with Gasteiger partial charge in [0, 0.05) is 35.5 Å². The molecule has 0 spiro atoms. The number of aryl methyl sites for hydroxylation is 1. The first kappa shape index (κ1) is 29.9. The summed E-state index contributed by atoms with van der Waals surface area (Å²) in [7, 11) is 3.00.